The van der Waals surface area contributed by atoms with Gasteiger partial charge in [-0.1, -0.05) is 12.1 Å². The molecule has 0 saturated carbocycles. The Morgan fingerprint density at radius 2 is 1.72 bits per heavy atom. The molecule has 2 nitrogen and oxygen atoms in total. The van der Waals surface area contributed by atoms with Crippen LogP contribution in [0.25, 0.3) is 0 Å². The zero-order chi connectivity index (χ0) is 13.1. The van der Waals surface area contributed by atoms with Crippen LogP contribution >= 0.6 is 0 Å². The van der Waals surface area contributed by atoms with Gasteiger partial charge < -0.3 is 10.5 Å². The molecule has 0 bridgehead atoms. The molecule has 18 heavy (non-hydrogen) atoms. The Labute approximate surface area is 104 Å². The highest BCUT2D eigenvalue weighted by molar-refractivity contribution is 5.35. The maximum atomic E-state index is 13.6. The smallest absolute Gasteiger partial charge is 0.128 e. The van der Waals surface area contributed by atoms with Crippen molar-refractivity contribution in [3.05, 3.63) is 65.2 Å². The third kappa shape index (κ3) is 2.49. The predicted molar refractivity (Wildman–Crippen MR) is 65.4 cm³/mol. The Kier molecular flexibility index (Phi) is 3.58. The summed E-state index contributed by atoms with van der Waals surface area (Å²) in [7, 11) is 1.56. The van der Waals surface area contributed by atoms with Crippen LogP contribution in [0.15, 0.2) is 42.5 Å². The number of hydrogen-bond acceptors (Lipinski definition) is 2. The van der Waals surface area contributed by atoms with Gasteiger partial charge in [0.2, 0.25) is 0 Å². The zero-order valence-electron chi connectivity index (χ0n) is 9.86. The molecule has 0 radical (unpaired) electrons. The van der Waals surface area contributed by atoms with Crippen LogP contribution in [-0.4, -0.2) is 7.11 Å². The summed E-state index contributed by atoms with van der Waals surface area (Å²) in [4.78, 5) is 0. The van der Waals surface area contributed by atoms with E-state index in [2.05, 4.69) is 0 Å². The van der Waals surface area contributed by atoms with Crippen molar-refractivity contribution in [2.75, 3.05) is 7.11 Å². The number of methoxy groups -OCH3 is 1. The summed E-state index contributed by atoms with van der Waals surface area (Å²) >= 11 is 0. The van der Waals surface area contributed by atoms with Gasteiger partial charge in [0.25, 0.3) is 0 Å². The Hall–Kier alpha value is -1.94. The fraction of sp³-hybridized carbons (Fsp3) is 0.143. The standard InChI is InChI=1S/C14H13F2NO/c1-18-11-5-2-9(3-6-11)14(17)12-8-10(15)4-7-13(12)16/h2-8,14H,17H2,1H3. The van der Waals surface area contributed by atoms with E-state index >= 15 is 0 Å². The molecule has 4 heteroatoms. The first-order chi connectivity index (χ1) is 8.61. The van der Waals surface area contributed by atoms with Gasteiger partial charge in [0, 0.05) is 5.56 Å². The highest BCUT2D eigenvalue weighted by Gasteiger charge is 2.14. The molecule has 0 spiro atoms. The fourth-order valence-electron chi connectivity index (χ4n) is 1.74. The number of rotatable bonds is 3. The van der Waals surface area contributed by atoms with E-state index in [-0.39, 0.29) is 5.56 Å². The van der Waals surface area contributed by atoms with Crippen molar-refractivity contribution in [2.24, 2.45) is 5.73 Å². The quantitative estimate of drug-likeness (QED) is 0.907. The lowest BCUT2D eigenvalue weighted by molar-refractivity contribution is 0.414. The van der Waals surface area contributed by atoms with E-state index < -0.39 is 17.7 Å². The third-order valence-electron chi connectivity index (χ3n) is 2.77. The maximum absolute atomic E-state index is 13.6. The topological polar surface area (TPSA) is 35.2 Å². The Bertz CT molecular complexity index is 540. The molecule has 0 fully saturated rings. The molecule has 94 valence electrons. The second-order valence-electron chi connectivity index (χ2n) is 3.92. The van der Waals surface area contributed by atoms with Gasteiger partial charge in [0.15, 0.2) is 0 Å². The van der Waals surface area contributed by atoms with Gasteiger partial charge in [-0.2, -0.15) is 0 Å². The van der Waals surface area contributed by atoms with Crippen LogP contribution in [0, 0.1) is 11.6 Å². The first kappa shape index (κ1) is 12.5. The summed E-state index contributed by atoms with van der Waals surface area (Å²) in [6.07, 6.45) is 0. The number of ether oxygens (including phenoxy) is 1. The predicted octanol–water partition coefficient (Wildman–Crippen LogP) is 3.02. The van der Waals surface area contributed by atoms with Crippen molar-refractivity contribution < 1.29 is 13.5 Å². The van der Waals surface area contributed by atoms with Crippen LogP contribution in [0.4, 0.5) is 8.78 Å². The minimum absolute atomic E-state index is 0.139. The summed E-state index contributed by atoms with van der Waals surface area (Å²) in [5, 5.41) is 0. The minimum atomic E-state index is -0.702. The van der Waals surface area contributed by atoms with Crippen molar-refractivity contribution in [1.29, 1.82) is 0 Å². The Morgan fingerprint density at radius 1 is 1.06 bits per heavy atom. The molecular weight excluding hydrogens is 236 g/mol. The van der Waals surface area contributed by atoms with Crippen LogP contribution in [0.3, 0.4) is 0 Å². The number of benzene rings is 2. The maximum Gasteiger partial charge on any atom is 0.128 e. The van der Waals surface area contributed by atoms with Crippen molar-refractivity contribution in [2.45, 2.75) is 6.04 Å². The highest BCUT2D eigenvalue weighted by atomic mass is 19.1. The number of nitrogens with two attached hydrogens (primary N) is 1. The number of halogens is 2. The van der Waals surface area contributed by atoms with E-state index in [9.17, 15) is 8.78 Å². The SMILES string of the molecule is COc1ccc(C(N)c2cc(F)ccc2F)cc1. The van der Waals surface area contributed by atoms with Crippen LogP contribution in [0.5, 0.6) is 5.75 Å². The molecular formula is C14H13F2NO. The molecule has 0 aliphatic rings. The molecule has 0 saturated heterocycles. The van der Waals surface area contributed by atoms with E-state index in [0.29, 0.717) is 11.3 Å². The van der Waals surface area contributed by atoms with Crippen LogP contribution in [0.2, 0.25) is 0 Å². The Balaban J connectivity index is 2.34. The zero-order valence-corrected chi connectivity index (χ0v) is 9.86. The lowest BCUT2D eigenvalue weighted by atomic mass is 9.99. The van der Waals surface area contributed by atoms with Crippen molar-refractivity contribution in [3.8, 4) is 5.75 Å². The summed E-state index contributed by atoms with van der Waals surface area (Å²) in [5.74, 6) is -0.333. The molecule has 1 atom stereocenters. The molecule has 1 unspecified atom stereocenters. The normalized spacial score (nSPS) is 12.2. The molecule has 2 aromatic carbocycles. The third-order valence-corrected chi connectivity index (χ3v) is 2.77. The van der Waals surface area contributed by atoms with Gasteiger partial charge in [-0.05, 0) is 35.9 Å². The summed E-state index contributed by atoms with van der Waals surface area (Å²) in [5.41, 5.74) is 6.76. The van der Waals surface area contributed by atoms with E-state index in [1.807, 2.05) is 0 Å². The van der Waals surface area contributed by atoms with Crippen molar-refractivity contribution >= 4 is 0 Å². The number of hydrogen-bond donors (Lipinski definition) is 1. The summed E-state index contributed by atoms with van der Waals surface area (Å²) < 4.78 is 31.7. The van der Waals surface area contributed by atoms with Crippen LogP contribution in [-0.2, 0) is 0 Å². The lowest BCUT2D eigenvalue weighted by Gasteiger charge is -2.14. The van der Waals surface area contributed by atoms with Gasteiger partial charge in [-0.15, -0.1) is 0 Å². The van der Waals surface area contributed by atoms with E-state index in [1.54, 1.807) is 31.4 Å². The van der Waals surface area contributed by atoms with E-state index in [0.717, 1.165) is 18.2 Å². The van der Waals surface area contributed by atoms with E-state index in [4.69, 9.17) is 10.5 Å². The molecule has 0 heterocycles. The van der Waals surface area contributed by atoms with Gasteiger partial charge in [-0.3, -0.25) is 0 Å². The van der Waals surface area contributed by atoms with Crippen molar-refractivity contribution in [1.82, 2.24) is 0 Å². The van der Waals surface area contributed by atoms with Gasteiger partial charge >= 0.3 is 0 Å². The highest BCUT2D eigenvalue weighted by Crippen LogP contribution is 2.24. The molecule has 0 amide bonds. The van der Waals surface area contributed by atoms with Gasteiger partial charge in [0.05, 0.1) is 13.2 Å². The largest absolute Gasteiger partial charge is 0.497 e. The minimum Gasteiger partial charge on any atom is -0.497 e. The second-order valence-corrected chi connectivity index (χ2v) is 3.92. The lowest BCUT2D eigenvalue weighted by Crippen LogP contribution is -2.13. The van der Waals surface area contributed by atoms with Crippen LogP contribution < -0.4 is 10.5 Å². The van der Waals surface area contributed by atoms with Crippen molar-refractivity contribution in [3.63, 3.8) is 0 Å². The van der Waals surface area contributed by atoms with Gasteiger partial charge in [-0.25, -0.2) is 8.78 Å². The average molecular weight is 249 g/mol. The fourth-order valence-corrected chi connectivity index (χ4v) is 1.74. The molecule has 2 N–H and O–H groups in total. The monoisotopic (exact) mass is 249 g/mol. The molecule has 0 aliphatic heterocycles. The van der Waals surface area contributed by atoms with E-state index in [1.165, 1.54) is 0 Å². The first-order valence-electron chi connectivity index (χ1n) is 5.46. The molecule has 0 aliphatic carbocycles. The average Bonchev–Trinajstić information content (AvgIpc) is 2.41. The molecule has 2 rings (SSSR count). The Morgan fingerprint density at radius 3 is 2.33 bits per heavy atom. The first-order valence-corrected chi connectivity index (χ1v) is 5.46. The molecule has 2 aromatic rings. The summed E-state index contributed by atoms with van der Waals surface area (Å²) in [6.45, 7) is 0. The second kappa shape index (κ2) is 5.14. The van der Waals surface area contributed by atoms with Gasteiger partial charge in [0.1, 0.15) is 17.4 Å². The van der Waals surface area contributed by atoms with Crippen LogP contribution in [0.1, 0.15) is 17.2 Å². The summed E-state index contributed by atoms with van der Waals surface area (Å²) in [6, 6.07) is 9.48. The molecule has 0 aromatic heterocycles.